The average molecular weight is 376 g/mol. The number of hydrogen-bond acceptors (Lipinski definition) is 4. The van der Waals surface area contributed by atoms with Crippen LogP contribution in [0.2, 0.25) is 10.0 Å². The number of hydrazine groups is 1. The molecule has 2 rings (SSSR count). The van der Waals surface area contributed by atoms with E-state index in [1.54, 1.807) is 12.1 Å². The number of nitrogens with one attached hydrogen (secondary N) is 3. The fourth-order valence-corrected chi connectivity index (χ4v) is 2.68. The molecular weight excluding hydrogens is 361 g/mol. The number of thioether (sulfide) groups is 1. The van der Waals surface area contributed by atoms with E-state index >= 15 is 0 Å². The molecule has 0 heterocycles. The van der Waals surface area contributed by atoms with Crippen LogP contribution in [-0.2, 0) is 20.1 Å². The van der Waals surface area contributed by atoms with Gasteiger partial charge in [-0.05, 0) is 30.5 Å². The summed E-state index contributed by atoms with van der Waals surface area (Å²) in [6, 6.07) is 5.34. The molecule has 9 heteroatoms. The van der Waals surface area contributed by atoms with Gasteiger partial charge in [-0.3, -0.25) is 25.2 Å². The Kier molecular flexibility index (Phi) is 6.56. The summed E-state index contributed by atoms with van der Waals surface area (Å²) < 4.78 is 0. The maximum absolute atomic E-state index is 11.6. The lowest BCUT2D eigenvalue weighted by Gasteiger charge is -2.07. The van der Waals surface area contributed by atoms with Gasteiger partial charge in [0.2, 0.25) is 5.91 Å². The molecule has 0 saturated heterocycles. The normalized spacial score (nSPS) is 13.3. The predicted molar refractivity (Wildman–Crippen MR) is 90.1 cm³/mol. The van der Waals surface area contributed by atoms with Crippen LogP contribution in [0.5, 0.6) is 0 Å². The van der Waals surface area contributed by atoms with Crippen LogP contribution >= 0.6 is 35.0 Å². The van der Waals surface area contributed by atoms with Crippen molar-refractivity contribution in [3.8, 4) is 0 Å². The molecule has 124 valence electrons. The Hall–Kier alpha value is -1.44. The number of amides is 3. The van der Waals surface area contributed by atoms with Crippen molar-refractivity contribution in [3.63, 3.8) is 0 Å². The van der Waals surface area contributed by atoms with Crippen LogP contribution < -0.4 is 16.2 Å². The Morgan fingerprint density at radius 2 is 1.83 bits per heavy atom. The van der Waals surface area contributed by atoms with Gasteiger partial charge in [-0.1, -0.05) is 29.3 Å². The summed E-state index contributed by atoms with van der Waals surface area (Å²) in [5.41, 5.74) is 5.21. The van der Waals surface area contributed by atoms with E-state index in [1.165, 1.54) is 11.8 Å². The van der Waals surface area contributed by atoms with Crippen molar-refractivity contribution in [3.05, 3.63) is 33.8 Å². The van der Waals surface area contributed by atoms with Crippen molar-refractivity contribution in [1.29, 1.82) is 0 Å². The maximum atomic E-state index is 11.6. The lowest BCUT2D eigenvalue weighted by Crippen LogP contribution is -2.49. The SMILES string of the molecule is O=C(CSCc1ccc(Cl)c(Cl)c1)NNC(=O)C(=O)NC1CC1. The summed E-state index contributed by atoms with van der Waals surface area (Å²) in [4.78, 5) is 34.4. The van der Waals surface area contributed by atoms with Crippen molar-refractivity contribution >= 4 is 52.7 Å². The molecule has 0 bridgehead atoms. The monoisotopic (exact) mass is 375 g/mol. The van der Waals surface area contributed by atoms with Gasteiger partial charge in [0, 0.05) is 11.8 Å². The molecule has 0 radical (unpaired) electrons. The molecule has 3 N–H and O–H groups in total. The standard InChI is InChI=1S/C14H15Cl2N3O3S/c15-10-4-1-8(5-11(10)16)6-23-7-12(20)18-19-14(22)13(21)17-9-2-3-9/h1,4-5,9H,2-3,6-7H2,(H,17,21)(H,18,20)(H,19,22). The minimum atomic E-state index is -0.875. The van der Waals surface area contributed by atoms with Crippen molar-refractivity contribution in [2.45, 2.75) is 24.6 Å². The highest BCUT2D eigenvalue weighted by atomic mass is 35.5. The zero-order valence-electron chi connectivity index (χ0n) is 12.0. The van der Waals surface area contributed by atoms with Gasteiger partial charge in [-0.15, -0.1) is 11.8 Å². The second-order valence-corrected chi connectivity index (χ2v) is 6.79. The lowest BCUT2D eigenvalue weighted by atomic mass is 10.2. The molecule has 6 nitrogen and oxygen atoms in total. The van der Waals surface area contributed by atoms with Crippen LogP contribution in [0.15, 0.2) is 18.2 Å². The minimum Gasteiger partial charge on any atom is -0.345 e. The fourth-order valence-electron chi connectivity index (χ4n) is 1.59. The molecule has 1 aromatic rings. The van der Waals surface area contributed by atoms with Gasteiger partial charge in [0.05, 0.1) is 15.8 Å². The topological polar surface area (TPSA) is 87.3 Å². The third kappa shape index (κ3) is 6.29. The van der Waals surface area contributed by atoms with Crippen molar-refractivity contribution in [2.75, 3.05) is 5.75 Å². The second-order valence-electron chi connectivity index (χ2n) is 4.99. The Morgan fingerprint density at radius 3 is 2.48 bits per heavy atom. The van der Waals surface area contributed by atoms with E-state index < -0.39 is 17.7 Å². The zero-order valence-corrected chi connectivity index (χ0v) is 14.4. The van der Waals surface area contributed by atoms with E-state index in [2.05, 4.69) is 16.2 Å². The first-order chi connectivity index (χ1) is 11.0. The molecule has 1 aliphatic rings. The predicted octanol–water partition coefficient (Wildman–Crippen LogP) is 1.65. The zero-order chi connectivity index (χ0) is 16.8. The Morgan fingerprint density at radius 1 is 1.09 bits per heavy atom. The van der Waals surface area contributed by atoms with E-state index in [1.807, 2.05) is 6.07 Å². The molecule has 0 unspecified atom stereocenters. The number of carbonyl (C=O) groups excluding carboxylic acids is 3. The van der Waals surface area contributed by atoms with Crippen molar-refractivity contribution < 1.29 is 14.4 Å². The average Bonchev–Trinajstić information content (AvgIpc) is 3.32. The number of hydrogen-bond donors (Lipinski definition) is 3. The van der Waals surface area contributed by atoms with Crippen LogP contribution in [0, 0.1) is 0 Å². The van der Waals surface area contributed by atoms with Crippen LogP contribution in [0.4, 0.5) is 0 Å². The highest BCUT2D eigenvalue weighted by Gasteiger charge is 2.26. The van der Waals surface area contributed by atoms with Crippen LogP contribution in [0.25, 0.3) is 0 Å². The largest absolute Gasteiger partial charge is 0.345 e. The molecule has 0 spiro atoms. The van der Waals surface area contributed by atoms with Crippen LogP contribution in [0.1, 0.15) is 18.4 Å². The number of carbonyl (C=O) groups is 3. The molecule has 0 aromatic heterocycles. The molecule has 1 aromatic carbocycles. The second kappa shape index (κ2) is 8.42. The van der Waals surface area contributed by atoms with Crippen molar-refractivity contribution in [2.24, 2.45) is 0 Å². The minimum absolute atomic E-state index is 0.0886. The Balaban J connectivity index is 1.63. The fraction of sp³-hybridized carbons (Fsp3) is 0.357. The third-order valence-corrected chi connectivity index (χ3v) is 4.66. The van der Waals surface area contributed by atoms with Gasteiger partial charge in [0.25, 0.3) is 0 Å². The molecule has 23 heavy (non-hydrogen) atoms. The molecule has 0 aliphatic heterocycles. The number of halogens is 2. The van der Waals surface area contributed by atoms with Gasteiger partial charge in [-0.2, -0.15) is 0 Å². The summed E-state index contributed by atoms with van der Waals surface area (Å²) in [7, 11) is 0. The van der Waals surface area contributed by atoms with E-state index in [4.69, 9.17) is 23.2 Å². The molecule has 1 fully saturated rings. The van der Waals surface area contributed by atoms with Gasteiger partial charge in [0.15, 0.2) is 0 Å². The molecule has 3 amide bonds. The smallest absolute Gasteiger partial charge is 0.327 e. The first-order valence-electron chi connectivity index (χ1n) is 6.87. The van der Waals surface area contributed by atoms with Crippen molar-refractivity contribution in [1.82, 2.24) is 16.2 Å². The molecular formula is C14H15Cl2N3O3S. The van der Waals surface area contributed by atoms with Gasteiger partial charge in [-0.25, -0.2) is 0 Å². The quantitative estimate of drug-likeness (QED) is 0.539. The van der Waals surface area contributed by atoms with E-state index in [0.717, 1.165) is 18.4 Å². The summed E-state index contributed by atoms with van der Waals surface area (Å²) >= 11 is 13.1. The summed E-state index contributed by atoms with van der Waals surface area (Å²) in [6.07, 6.45) is 1.77. The van der Waals surface area contributed by atoms with E-state index in [-0.39, 0.29) is 11.8 Å². The lowest BCUT2D eigenvalue weighted by molar-refractivity contribution is -0.140. The Labute approximate surface area is 147 Å². The van der Waals surface area contributed by atoms with Crippen LogP contribution in [-0.4, -0.2) is 29.5 Å². The molecule has 1 saturated carbocycles. The Bertz CT molecular complexity index is 623. The first kappa shape index (κ1) is 17.9. The number of benzene rings is 1. The van der Waals surface area contributed by atoms with E-state index in [0.29, 0.717) is 15.8 Å². The summed E-state index contributed by atoms with van der Waals surface area (Å²) in [5.74, 6) is -1.32. The third-order valence-electron chi connectivity index (χ3n) is 2.92. The molecule has 1 aliphatic carbocycles. The highest BCUT2D eigenvalue weighted by Crippen LogP contribution is 2.24. The highest BCUT2D eigenvalue weighted by molar-refractivity contribution is 7.99. The molecule has 0 atom stereocenters. The summed E-state index contributed by atoms with van der Waals surface area (Å²) in [5, 5.41) is 3.46. The maximum Gasteiger partial charge on any atom is 0.327 e. The number of rotatable bonds is 5. The first-order valence-corrected chi connectivity index (χ1v) is 8.78. The van der Waals surface area contributed by atoms with Crippen LogP contribution in [0.3, 0.4) is 0 Å². The van der Waals surface area contributed by atoms with Gasteiger partial charge >= 0.3 is 11.8 Å². The summed E-state index contributed by atoms with van der Waals surface area (Å²) in [6.45, 7) is 0. The van der Waals surface area contributed by atoms with Gasteiger partial charge in [0.1, 0.15) is 0 Å². The van der Waals surface area contributed by atoms with E-state index in [9.17, 15) is 14.4 Å². The van der Waals surface area contributed by atoms with Gasteiger partial charge < -0.3 is 5.32 Å².